The molecular formula is C69H79F5N12O9S2. The van der Waals surface area contributed by atoms with E-state index in [0.717, 1.165) is 45.9 Å². The van der Waals surface area contributed by atoms with Crippen LogP contribution in [0, 0.1) is 31.1 Å². The number of hydrogen-bond donors (Lipinski definition) is 2. The maximum absolute atomic E-state index is 16.0. The highest BCUT2D eigenvalue weighted by Crippen LogP contribution is 2.61. The molecule has 2 aromatic carbocycles. The second kappa shape index (κ2) is 25.9. The van der Waals surface area contributed by atoms with Crippen LogP contribution in [0.2, 0.25) is 0 Å². The molecule has 1 aliphatic carbocycles. The topological polar surface area (TPSA) is 229 Å². The molecule has 3 unspecified atom stereocenters. The number of carbonyl (C=O) groups is 3. The van der Waals surface area contributed by atoms with Gasteiger partial charge < -0.3 is 48.6 Å². The number of halogens is 5. The van der Waals surface area contributed by atoms with Crippen LogP contribution in [0.4, 0.5) is 32.6 Å². The molecule has 21 nitrogen and oxygen atoms in total. The van der Waals surface area contributed by atoms with Gasteiger partial charge in [0, 0.05) is 80.8 Å². The number of likely N-dealkylation sites (tertiary alicyclic amines) is 2. The summed E-state index contributed by atoms with van der Waals surface area (Å²) in [6.07, 6.45) is 1.08. The first kappa shape index (κ1) is 66.6. The smallest absolute Gasteiger partial charge is 0.417 e. The molecule has 8 aromatic rings. The number of fused-ring (bicyclic) bond motifs is 6. The molecule has 5 saturated heterocycles. The largest absolute Gasteiger partial charge is 0.475 e. The summed E-state index contributed by atoms with van der Waals surface area (Å²) in [4.78, 5) is 69.4. The number of thiazole rings is 1. The number of alkyl halides is 5. The van der Waals surface area contributed by atoms with E-state index in [1.54, 1.807) is 38.6 Å². The molecule has 6 fully saturated rings. The minimum absolute atomic E-state index is 0.00533. The second-order valence-electron chi connectivity index (χ2n) is 28.5. The number of rotatable bonds is 18. The molecule has 6 aliphatic rings. The van der Waals surface area contributed by atoms with Crippen molar-refractivity contribution in [3.63, 3.8) is 0 Å². The van der Waals surface area contributed by atoms with Gasteiger partial charge in [0.1, 0.15) is 34.8 Å². The summed E-state index contributed by atoms with van der Waals surface area (Å²) in [5, 5.41) is 23.9. The number of amides is 3. The summed E-state index contributed by atoms with van der Waals surface area (Å²) < 4.78 is 111. The Hall–Kier alpha value is -7.66. The van der Waals surface area contributed by atoms with Gasteiger partial charge in [-0.1, -0.05) is 38.1 Å². The zero-order valence-corrected chi connectivity index (χ0v) is 56.8. The van der Waals surface area contributed by atoms with Crippen molar-refractivity contribution in [2.75, 3.05) is 64.0 Å². The van der Waals surface area contributed by atoms with Gasteiger partial charge in [-0.2, -0.15) is 28.2 Å². The summed E-state index contributed by atoms with van der Waals surface area (Å²) in [5.41, 5.74) is 1.94. The van der Waals surface area contributed by atoms with Gasteiger partial charge in [0.05, 0.1) is 79.3 Å². The van der Waals surface area contributed by atoms with E-state index in [2.05, 4.69) is 20.6 Å². The molecule has 97 heavy (non-hydrogen) atoms. The van der Waals surface area contributed by atoms with Crippen molar-refractivity contribution in [1.29, 1.82) is 0 Å². The number of carbonyl (C=O) groups excluding carboxylic acids is 3. The van der Waals surface area contributed by atoms with Crippen LogP contribution in [0.15, 0.2) is 64.9 Å². The number of aliphatic hydroxyl groups is 1. The average molecular weight is 1380 g/mol. The van der Waals surface area contributed by atoms with E-state index in [1.807, 2.05) is 75.6 Å². The zero-order valence-electron chi connectivity index (χ0n) is 55.2. The van der Waals surface area contributed by atoms with Crippen LogP contribution < -0.4 is 19.7 Å². The van der Waals surface area contributed by atoms with E-state index >= 15 is 22.0 Å². The van der Waals surface area contributed by atoms with Gasteiger partial charge in [-0.05, 0) is 138 Å². The zero-order chi connectivity index (χ0) is 68.0. The van der Waals surface area contributed by atoms with Crippen LogP contribution in [0.3, 0.4) is 0 Å². The Morgan fingerprint density at radius 1 is 0.918 bits per heavy atom. The molecule has 11 heterocycles. The number of benzene rings is 2. The first-order chi connectivity index (χ1) is 46.3. The Morgan fingerprint density at radius 3 is 2.34 bits per heavy atom. The third-order valence-electron chi connectivity index (χ3n) is 20.1. The number of hydrogen-bond acceptors (Lipinski definition) is 19. The van der Waals surface area contributed by atoms with Crippen LogP contribution in [0.5, 0.6) is 11.9 Å². The SMILES string of the molecule is Cc1cc2c(cnn2C2CCCCO2)c(-c2nccc3c2sc2nc(OC[C@]4(CN5CCC(COc6cc([C@H](C(=O)N7C[C@H](O)C[C@H]7C(=O)NCc7ccc(-c8scnc8C)cc7)C(C)C)on6)CC5)CC4(F)F)nc(N4CC5CCC(C4)N5C(=O)OC(C)(C)C)c23)c1C(F)(F)F. The molecular weight excluding hydrogens is 1300 g/mol. The Balaban J connectivity index is 0.660. The number of pyridine rings is 1. The fraction of sp³-hybridized carbons (Fsp3) is 0.551. The second-order valence-corrected chi connectivity index (χ2v) is 30.3. The first-order valence-corrected chi connectivity index (χ1v) is 35.1. The standard InChI is InChI=1S/C69H79F5N12O9S2/c1-37(2)53(63(89)84-31-45(87)25-49(84)61(88)76-27-40-11-13-42(14-12-40)58-39(4)77-36-96-58)50-26-51(81-95-50)92-32-41-18-21-82(22-19-41)34-67(33-68(67,70)71)35-93-64-79-60(83-29-43-15-16-44(30-83)85(43)65(90)94-66(5,6)7)55-46-17-20-75-57(59(46)97-62(55)80-64)54-47-28-78-86(52-10-8-9-23-91-52)48(47)24-38(3)56(54)69(72,73)74/h11-14,17,20,24,26,28,36-37,41,43-45,49,52-53,87H,8-10,15-16,18-19,21-23,25,27,29-35H2,1-7H3,(H,76,88)/t43?,44?,45-,49+,52?,53-,67-/m1/s1. The maximum Gasteiger partial charge on any atom is 0.417 e. The van der Waals surface area contributed by atoms with E-state index in [9.17, 15) is 19.5 Å². The van der Waals surface area contributed by atoms with Crippen molar-refractivity contribution in [1.82, 2.24) is 54.9 Å². The number of anilines is 1. The lowest BCUT2D eigenvalue weighted by atomic mass is 9.91. The Morgan fingerprint density at radius 2 is 1.67 bits per heavy atom. The lowest BCUT2D eigenvalue weighted by molar-refractivity contribution is -0.141. The van der Waals surface area contributed by atoms with Crippen LogP contribution in [0.25, 0.3) is 52.9 Å². The highest BCUT2D eigenvalue weighted by Gasteiger charge is 2.72. The number of aromatic nitrogens is 7. The fourth-order valence-electron chi connectivity index (χ4n) is 15.1. The number of nitrogens with one attached hydrogen (secondary N) is 1. The molecule has 14 rings (SSSR count). The predicted molar refractivity (Wildman–Crippen MR) is 354 cm³/mol. The van der Waals surface area contributed by atoms with Gasteiger partial charge >= 0.3 is 18.3 Å². The molecule has 1 saturated carbocycles. The monoisotopic (exact) mass is 1380 g/mol. The van der Waals surface area contributed by atoms with Gasteiger partial charge in [-0.15, -0.1) is 22.7 Å². The lowest BCUT2D eigenvalue weighted by Crippen LogP contribution is -2.57. The van der Waals surface area contributed by atoms with Crippen molar-refractivity contribution in [3.8, 4) is 33.6 Å². The molecule has 0 radical (unpaired) electrons. The molecule has 0 spiro atoms. The minimum atomic E-state index is -4.79. The van der Waals surface area contributed by atoms with Gasteiger partial charge in [0.2, 0.25) is 11.8 Å². The average Bonchev–Trinajstić information content (AvgIpc) is 1.58. The Bertz CT molecular complexity index is 4260. The van der Waals surface area contributed by atoms with Crippen LogP contribution in [0.1, 0.15) is 133 Å². The summed E-state index contributed by atoms with van der Waals surface area (Å²) in [5.74, 6) is -4.04. The number of piperazine rings is 1. The van der Waals surface area contributed by atoms with Crippen molar-refractivity contribution >= 4 is 77.6 Å². The molecule has 3 amide bonds. The van der Waals surface area contributed by atoms with Gasteiger partial charge in [0.15, 0.2) is 12.0 Å². The molecule has 2 bridgehead atoms. The number of thiophene rings is 1. The highest BCUT2D eigenvalue weighted by molar-refractivity contribution is 7.26. The molecule has 516 valence electrons. The predicted octanol–water partition coefficient (Wildman–Crippen LogP) is 12.5. The van der Waals surface area contributed by atoms with E-state index in [0.29, 0.717) is 96.5 Å². The lowest BCUT2D eigenvalue weighted by Gasteiger charge is -2.42. The number of nitrogens with zero attached hydrogens (tertiary/aromatic N) is 11. The Kier molecular flexibility index (Phi) is 17.8. The molecule has 28 heteroatoms. The quantitative estimate of drug-likeness (QED) is 0.0761. The third kappa shape index (κ3) is 13.1. The van der Waals surface area contributed by atoms with Crippen molar-refractivity contribution in [2.24, 2.45) is 17.3 Å². The van der Waals surface area contributed by atoms with Crippen molar-refractivity contribution in [3.05, 3.63) is 88.5 Å². The fourth-order valence-corrected chi connectivity index (χ4v) is 17.0. The first-order valence-electron chi connectivity index (χ1n) is 33.4. The Labute approximate surface area is 565 Å². The number of piperidine rings is 1. The van der Waals surface area contributed by atoms with E-state index in [4.69, 9.17) is 38.4 Å². The molecule has 6 aromatic heterocycles. The van der Waals surface area contributed by atoms with Crippen LogP contribution in [-0.4, -0.2) is 167 Å². The summed E-state index contributed by atoms with van der Waals surface area (Å²) >= 11 is 2.69. The van der Waals surface area contributed by atoms with Crippen LogP contribution >= 0.6 is 22.7 Å². The number of ether oxygens (including phenoxy) is 4. The van der Waals surface area contributed by atoms with E-state index in [-0.39, 0.29) is 108 Å². The van der Waals surface area contributed by atoms with Crippen molar-refractivity contribution < 1.29 is 64.9 Å². The molecule has 2 N–H and O–H groups in total. The minimum Gasteiger partial charge on any atom is -0.475 e. The molecule has 5 aliphatic heterocycles. The summed E-state index contributed by atoms with van der Waals surface area (Å²) in [6, 6.07) is 11.1. The van der Waals surface area contributed by atoms with E-state index in [1.165, 1.54) is 30.3 Å². The highest BCUT2D eigenvalue weighted by atomic mass is 32.1. The normalized spacial score (nSPS) is 23.5. The van der Waals surface area contributed by atoms with Crippen molar-refractivity contribution in [2.45, 2.75) is 167 Å². The van der Waals surface area contributed by atoms with Gasteiger partial charge in [0.25, 0.3) is 11.8 Å². The van der Waals surface area contributed by atoms with E-state index < -0.39 is 72.1 Å². The number of aliphatic hydroxyl groups excluding tert-OH is 1. The van der Waals surface area contributed by atoms with Gasteiger partial charge in [-0.3, -0.25) is 19.5 Å². The number of β-amino-alcohol motifs (C(OH)–C–C–N with tert-alkyl or cyclic N) is 1. The summed E-state index contributed by atoms with van der Waals surface area (Å²) in [7, 11) is 0. The maximum atomic E-state index is 16.0. The number of aryl methyl sites for hydroxylation is 2. The third-order valence-corrected chi connectivity index (χ3v) is 22.2. The van der Waals surface area contributed by atoms with Gasteiger partial charge in [-0.25, -0.2) is 23.2 Å². The summed E-state index contributed by atoms with van der Waals surface area (Å²) in [6.45, 7) is 14.8. The van der Waals surface area contributed by atoms with Crippen LogP contribution in [-0.2, 0) is 31.8 Å². The molecule has 7 atom stereocenters.